The first-order valence-corrected chi connectivity index (χ1v) is 9.01. The third-order valence-electron chi connectivity index (χ3n) is 3.47. The van der Waals surface area contributed by atoms with Gasteiger partial charge in [0.1, 0.15) is 6.61 Å². The Hall–Kier alpha value is -3.60. The smallest absolute Gasteiger partial charge is 0.414 e. The molecule has 30 heavy (non-hydrogen) atoms. The molecule has 0 aliphatic rings. The first kappa shape index (κ1) is 24.4. The van der Waals surface area contributed by atoms with Crippen molar-refractivity contribution in [1.29, 1.82) is 0 Å². The van der Waals surface area contributed by atoms with Gasteiger partial charge in [-0.1, -0.05) is 6.07 Å². The van der Waals surface area contributed by atoms with E-state index in [4.69, 9.17) is 34.0 Å². The number of aromatic nitrogens is 2. The molecule has 11 nitrogen and oxygen atoms in total. The number of hydrogen-bond donors (Lipinski definition) is 4. The van der Waals surface area contributed by atoms with Crippen LogP contribution in [0, 0.1) is 0 Å². The summed E-state index contributed by atoms with van der Waals surface area (Å²) in [6.45, 7) is 3.01. The van der Waals surface area contributed by atoms with Gasteiger partial charge in [-0.15, -0.1) is 0 Å². The van der Waals surface area contributed by atoms with Gasteiger partial charge in [0.05, 0.1) is 14.2 Å². The fourth-order valence-electron chi connectivity index (χ4n) is 2.13. The van der Waals surface area contributed by atoms with Crippen molar-refractivity contribution in [3.63, 3.8) is 0 Å². The molecule has 1 heterocycles. The van der Waals surface area contributed by atoms with E-state index in [0.717, 1.165) is 26.1 Å². The standard InChI is InChI=1S/C17H24N4O3.C2H2O4/c1-22-14-6-3-7-15(16(14)23-2)24-13-12-18-8-4-9-19-17-20-10-5-11-21-17;3-1(4)2(5)6/h3,5-7,10-11,18H,4,8-9,12-13H2,1-2H3,(H,19,20,21);(H,3,4)(H,5,6). The number of carbonyl (C=O) groups is 2. The average molecular weight is 422 g/mol. The number of aliphatic carboxylic acids is 2. The lowest BCUT2D eigenvalue weighted by Gasteiger charge is -2.13. The van der Waals surface area contributed by atoms with Crippen molar-refractivity contribution >= 4 is 17.9 Å². The first-order valence-electron chi connectivity index (χ1n) is 9.01. The summed E-state index contributed by atoms with van der Waals surface area (Å²) in [5, 5.41) is 21.3. The maximum absolute atomic E-state index is 9.10. The van der Waals surface area contributed by atoms with Gasteiger partial charge >= 0.3 is 11.9 Å². The van der Waals surface area contributed by atoms with E-state index in [2.05, 4.69) is 20.6 Å². The Labute approximate surface area is 174 Å². The molecule has 1 aromatic heterocycles. The van der Waals surface area contributed by atoms with Crippen LogP contribution >= 0.6 is 0 Å². The zero-order chi connectivity index (χ0) is 22.2. The van der Waals surface area contributed by atoms with E-state index in [1.165, 1.54) is 0 Å². The molecule has 4 N–H and O–H groups in total. The van der Waals surface area contributed by atoms with Crippen LogP contribution in [0.5, 0.6) is 17.2 Å². The number of nitrogens with one attached hydrogen (secondary N) is 2. The molecular weight excluding hydrogens is 396 g/mol. The lowest BCUT2D eigenvalue weighted by molar-refractivity contribution is -0.159. The van der Waals surface area contributed by atoms with Crippen molar-refractivity contribution in [1.82, 2.24) is 15.3 Å². The summed E-state index contributed by atoms with van der Waals surface area (Å²) in [7, 11) is 3.21. The molecule has 2 aromatic rings. The van der Waals surface area contributed by atoms with Crippen LogP contribution in [0.15, 0.2) is 36.7 Å². The van der Waals surface area contributed by atoms with E-state index in [-0.39, 0.29) is 0 Å². The van der Waals surface area contributed by atoms with Crippen LogP contribution in [0.1, 0.15) is 6.42 Å². The van der Waals surface area contributed by atoms with Crippen molar-refractivity contribution in [2.24, 2.45) is 0 Å². The van der Waals surface area contributed by atoms with Gasteiger partial charge in [0.25, 0.3) is 0 Å². The summed E-state index contributed by atoms with van der Waals surface area (Å²) in [5.41, 5.74) is 0. The Morgan fingerprint density at radius 1 is 0.933 bits per heavy atom. The Morgan fingerprint density at radius 2 is 1.60 bits per heavy atom. The van der Waals surface area contributed by atoms with Crippen LogP contribution in [0.3, 0.4) is 0 Å². The highest BCUT2D eigenvalue weighted by molar-refractivity contribution is 6.27. The quantitative estimate of drug-likeness (QED) is 0.304. The van der Waals surface area contributed by atoms with E-state index < -0.39 is 11.9 Å². The molecule has 0 fully saturated rings. The second-order valence-electron chi connectivity index (χ2n) is 5.55. The van der Waals surface area contributed by atoms with E-state index in [1.807, 2.05) is 18.2 Å². The van der Waals surface area contributed by atoms with E-state index >= 15 is 0 Å². The van der Waals surface area contributed by atoms with Gasteiger partial charge in [0.15, 0.2) is 11.5 Å². The average Bonchev–Trinajstić information content (AvgIpc) is 2.76. The first-order chi connectivity index (χ1) is 14.5. The monoisotopic (exact) mass is 422 g/mol. The summed E-state index contributed by atoms with van der Waals surface area (Å²) >= 11 is 0. The predicted octanol–water partition coefficient (Wildman–Crippen LogP) is 1.12. The normalized spacial score (nSPS) is 9.67. The minimum Gasteiger partial charge on any atom is -0.493 e. The van der Waals surface area contributed by atoms with Crippen LogP contribution in [0.4, 0.5) is 5.95 Å². The molecule has 0 aliphatic heterocycles. The lowest BCUT2D eigenvalue weighted by atomic mass is 10.3. The SMILES string of the molecule is COc1cccc(OCCNCCCNc2ncccn2)c1OC.O=C(O)C(=O)O. The molecule has 0 atom stereocenters. The predicted molar refractivity (Wildman–Crippen MR) is 108 cm³/mol. The maximum Gasteiger partial charge on any atom is 0.414 e. The van der Waals surface area contributed by atoms with E-state index in [1.54, 1.807) is 32.7 Å². The zero-order valence-corrected chi connectivity index (χ0v) is 16.8. The van der Waals surface area contributed by atoms with Gasteiger partial charge in [0, 0.05) is 25.5 Å². The van der Waals surface area contributed by atoms with E-state index in [0.29, 0.717) is 29.8 Å². The molecule has 1 aromatic carbocycles. The number of carboxylic acids is 2. The molecule has 0 amide bonds. The number of ether oxygens (including phenoxy) is 3. The molecule has 11 heteroatoms. The molecule has 0 unspecified atom stereocenters. The van der Waals surface area contributed by atoms with Crippen molar-refractivity contribution < 1.29 is 34.0 Å². The fourth-order valence-corrected chi connectivity index (χ4v) is 2.13. The maximum atomic E-state index is 9.10. The Bertz CT molecular complexity index is 763. The fraction of sp³-hybridized carbons (Fsp3) is 0.368. The van der Waals surface area contributed by atoms with Gasteiger partial charge in [-0.2, -0.15) is 0 Å². The number of carboxylic acid groups (broad SMARTS) is 2. The highest BCUT2D eigenvalue weighted by atomic mass is 16.5. The highest BCUT2D eigenvalue weighted by Gasteiger charge is 2.10. The minimum absolute atomic E-state index is 0.554. The van der Waals surface area contributed by atoms with Crippen molar-refractivity contribution in [3.05, 3.63) is 36.7 Å². The molecule has 164 valence electrons. The minimum atomic E-state index is -1.82. The van der Waals surface area contributed by atoms with Gasteiger partial charge in [0.2, 0.25) is 11.7 Å². The summed E-state index contributed by atoms with van der Waals surface area (Å²) in [6, 6.07) is 7.38. The molecule has 0 aliphatic carbocycles. The molecule has 0 radical (unpaired) electrons. The third kappa shape index (κ3) is 9.55. The number of hydrogen-bond acceptors (Lipinski definition) is 9. The summed E-state index contributed by atoms with van der Waals surface area (Å²) in [6.07, 6.45) is 4.41. The number of nitrogens with zero attached hydrogens (tertiary/aromatic N) is 2. The Balaban J connectivity index is 0.000000656. The largest absolute Gasteiger partial charge is 0.493 e. The topological polar surface area (TPSA) is 152 Å². The van der Waals surface area contributed by atoms with Gasteiger partial charge in [-0.05, 0) is 31.2 Å². The number of para-hydroxylation sites is 1. The molecule has 2 rings (SSSR count). The van der Waals surface area contributed by atoms with Gasteiger partial charge in [-0.25, -0.2) is 19.6 Å². The number of rotatable bonds is 11. The van der Waals surface area contributed by atoms with Crippen LogP contribution in [-0.2, 0) is 9.59 Å². The molecule has 0 saturated heterocycles. The van der Waals surface area contributed by atoms with E-state index in [9.17, 15) is 0 Å². The second kappa shape index (κ2) is 14.4. The van der Waals surface area contributed by atoms with Crippen LogP contribution in [0.2, 0.25) is 0 Å². The second-order valence-corrected chi connectivity index (χ2v) is 5.55. The molecule has 0 bridgehead atoms. The molecular formula is C19H26N4O7. The summed E-state index contributed by atoms with van der Waals surface area (Å²) in [4.78, 5) is 26.4. The number of anilines is 1. The van der Waals surface area contributed by atoms with Gasteiger partial charge < -0.3 is 35.1 Å². The van der Waals surface area contributed by atoms with Crippen LogP contribution < -0.4 is 24.8 Å². The number of methoxy groups -OCH3 is 2. The zero-order valence-electron chi connectivity index (χ0n) is 16.8. The van der Waals surface area contributed by atoms with Crippen LogP contribution in [0.25, 0.3) is 0 Å². The third-order valence-corrected chi connectivity index (χ3v) is 3.47. The summed E-state index contributed by atoms with van der Waals surface area (Å²) < 4.78 is 16.3. The van der Waals surface area contributed by atoms with Gasteiger partial charge in [-0.3, -0.25) is 0 Å². The number of benzene rings is 1. The van der Waals surface area contributed by atoms with Crippen molar-refractivity contribution in [2.45, 2.75) is 6.42 Å². The van der Waals surface area contributed by atoms with Crippen molar-refractivity contribution in [2.75, 3.05) is 45.8 Å². The summed E-state index contributed by atoms with van der Waals surface area (Å²) in [5.74, 6) is -1.03. The highest BCUT2D eigenvalue weighted by Crippen LogP contribution is 2.36. The Morgan fingerprint density at radius 3 is 2.20 bits per heavy atom. The Kier molecular flexibility index (Phi) is 11.7. The lowest BCUT2D eigenvalue weighted by Crippen LogP contribution is -2.23. The van der Waals surface area contributed by atoms with Crippen LogP contribution in [-0.4, -0.2) is 72.6 Å². The molecule has 0 saturated carbocycles. The van der Waals surface area contributed by atoms with Crippen molar-refractivity contribution in [3.8, 4) is 17.2 Å². The molecule has 0 spiro atoms.